The molecule has 0 spiro atoms. The summed E-state index contributed by atoms with van der Waals surface area (Å²) in [5.74, 6) is 0. The predicted octanol–water partition coefficient (Wildman–Crippen LogP) is -18.0. The fourth-order valence-electron chi connectivity index (χ4n) is 0. The maximum Gasteiger partial charge on any atom is 1.00 e. The van der Waals surface area contributed by atoms with Gasteiger partial charge in [0.2, 0.25) is 0 Å². The number of rotatable bonds is 0. The third kappa shape index (κ3) is 23.6. The largest absolute Gasteiger partial charge is 1.00 e. The quantitative estimate of drug-likeness (QED) is 0.308. The molecule has 0 aliphatic rings. The van der Waals surface area contributed by atoms with E-state index < -0.39 is 0 Å². The summed E-state index contributed by atoms with van der Waals surface area (Å²) in [5, 5.41) is 0. The van der Waals surface area contributed by atoms with Crippen molar-refractivity contribution in [3.05, 3.63) is 0 Å². The van der Waals surface area contributed by atoms with Crippen LogP contribution in [0.1, 0.15) is 0 Å². The molecule has 0 saturated heterocycles. The summed E-state index contributed by atoms with van der Waals surface area (Å²) in [6.45, 7) is 0. The van der Waals surface area contributed by atoms with E-state index in [-0.39, 0.29) is 142 Å². The van der Waals surface area contributed by atoms with Crippen LogP contribution in [0.5, 0.6) is 0 Å². The molecule has 0 nitrogen and oxygen atoms in total. The second-order valence-corrected chi connectivity index (χ2v) is 0. The molecule has 0 aromatic carbocycles. The molecule has 0 aromatic rings. The third-order valence-electron chi connectivity index (χ3n) is 0. The molecule has 0 saturated carbocycles. The Kier molecular flexibility index (Phi) is 264. The van der Waals surface area contributed by atoms with Crippen molar-refractivity contribution in [2.24, 2.45) is 0 Å². The Morgan fingerprint density at radius 3 is 0.667 bits per heavy atom. The van der Waals surface area contributed by atoms with Gasteiger partial charge in [-0.25, -0.2) is 0 Å². The molecular weight excluding hydrogens is 311 g/mol. The average Bonchev–Trinajstić information content (AvgIpc) is 0. The standard InChI is InChI=1S/BrH.ClH.HI.3Na/h3*1H;;;/q;;;3*+1/p-3. The molecule has 6 heteroatoms. The molecule has 0 bridgehead atoms. The molecule has 24 valence electrons. The maximum absolute atomic E-state index is 0. The van der Waals surface area contributed by atoms with E-state index in [1.807, 2.05) is 0 Å². The minimum absolute atomic E-state index is 0. The van der Waals surface area contributed by atoms with Crippen molar-refractivity contribution < 1.29 is 142 Å². The Hall–Kier alpha value is 4.50. The molecular formula is BrClINa3. The van der Waals surface area contributed by atoms with Gasteiger partial charge in [-0.15, -0.1) is 0 Å². The van der Waals surface area contributed by atoms with Gasteiger partial charge in [0.1, 0.15) is 0 Å². The Labute approximate surface area is 138 Å². The Morgan fingerprint density at radius 1 is 0.667 bits per heavy atom. The summed E-state index contributed by atoms with van der Waals surface area (Å²) in [6, 6.07) is 0. The van der Waals surface area contributed by atoms with Gasteiger partial charge < -0.3 is 53.4 Å². The van der Waals surface area contributed by atoms with Crippen LogP contribution in [0.4, 0.5) is 0 Å². The molecule has 0 N–H and O–H groups in total. The molecule has 6 heavy (non-hydrogen) atoms. The summed E-state index contributed by atoms with van der Waals surface area (Å²) in [5.41, 5.74) is 0. The molecule has 0 radical (unpaired) electrons. The van der Waals surface area contributed by atoms with Gasteiger partial charge in [0.25, 0.3) is 0 Å². The zero-order chi connectivity index (χ0) is 0. The van der Waals surface area contributed by atoms with Crippen LogP contribution >= 0.6 is 0 Å². The van der Waals surface area contributed by atoms with Gasteiger partial charge >= 0.3 is 88.7 Å². The minimum Gasteiger partial charge on any atom is -1.00 e. The van der Waals surface area contributed by atoms with Crippen LogP contribution in [0.2, 0.25) is 0 Å². The Balaban J connectivity index is 0. The van der Waals surface area contributed by atoms with Gasteiger partial charge in [0.05, 0.1) is 0 Å². The van der Waals surface area contributed by atoms with E-state index in [0.29, 0.717) is 0 Å². The van der Waals surface area contributed by atoms with Crippen LogP contribution in [0, 0.1) is 0 Å². The summed E-state index contributed by atoms with van der Waals surface area (Å²) >= 11 is 0. The first-order chi connectivity index (χ1) is 0. The molecule has 0 aliphatic carbocycles. The van der Waals surface area contributed by atoms with E-state index >= 15 is 0 Å². The molecule has 0 aromatic heterocycles. The van der Waals surface area contributed by atoms with E-state index in [0.717, 1.165) is 0 Å². The zero-order valence-corrected chi connectivity index (χ0v) is 14.6. The monoisotopic (exact) mass is 310 g/mol. The molecule has 0 heterocycles. The van der Waals surface area contributed by atoms with Gasteiger partial charge in [-0.3, -0.25) is 0 Å². The SMILES string of the molecule is [Br-].[Cl-].[I-].[Na+].[Na+].[Na+]. The van der Waals surface area contributed by atoms with E-state index in [1.165, 1.54) is 0 Å². The fraction of sp³-hybridized carbons (Fsp3) is 0. The molecule has 0 aliphatic heterocycles. The molecule has 0 amide bonds. The Morgan fingerprint density at radius 2 is 0.667 bits per heavy atom. The molecule has 0 unspecified atom stereocenters. The first kappa shape index (κ1) is 46.8. The van der Waals surface area contributed by atoms with Crippen LogP contribution in [-0.4, -0.2) is 0 Å². The summed E-state index contributed by atoms with van der Waals surface area (Å²) in [6.07, 6.45) is 0. The number of hydrogen-bond acceptors (Lipinski definition) is 0. The van der Waals surface area contributed by atoms with Crippen LogP contribution in [-0.2, 0) is 0 Å². The normalized spacial score (nSPS) is 0. The second-order valence-electron chi connectivity index (χ2n) is 0. The molecule has 0 fully saturated rings. The van der Waals surface area contributed by atoms with Crippen molar-refractivity contribution in [2.45, 2.75) is 0 Å². The van der Waals surface area contributed by atoms with Crippen molar-refractivity contribution >= 4 is 0 Å². The van der Waals surface area contributed by atoms with E-state index in [4.69, 9.17) is 0 Å². The minimum atomic E-state index is 0. The topological polar surface area (TPSA) is 0 Å². The Bertz CT molecular complexity index is 10.8. The van der Waals surface area contributed by atoms with Crippen LogP contribution in [0.3, 0.4) is 0 Å². The van der Waals surface area contributed by atoms with Crippen LogP contribution < -0.4 is 142 Å². The van der Waals surface area contributed by atoms with Crippen molar-refractivity contribution in [1.29, 1.82) is 0 Å². The number of halogens is 3. The first-order valence-electron chi connectivity index (χ1n) is 0. The van der Waals surface area contributed by atoms with Gasteiger partial charge in [-0.05, 0) is 0 Å². The van der Waals surface area contributed by atoms with E-state index in [9.17, 15) is 0 Å². The van der Waals surface area contributed by atoms with E-state index in [2.05, 4.69) is 0 Å². The van der Waals surface area contributed by atoms with Crippen molar-refractivity contribution in [3.8, 4) is 0 Å². The zero-order valence-electron chi connectivity index (χ0n) is 4.13. The van der Waals surface area contributed by atoms with Crippen LogP contribution in [0.15, 0.2) is 0 Å². The summed E-state index contributed by atoms with van der Waals surface area (Å²) < 4.78 is 0. The second kappa shape index (κ2) is 33.9. The van der Waals surface area contributed by atoms with E-state index in [1.54, 1.807) is 0 Å². The van der Waals surface area contributed by atoms with Gasteiger partial charge in [-0.1, -0.05) is 0 Å². The maximum atomic E-state index is 0. The van der Waals surface area contributed by atoms with Gasteiger partial charge in [0, 0.05) is 0 Å². The van der Waals surface area contributed by atoms with Gasteiger partial charge in [0.15, 0.2) is 0 Å². The van der Waals surface area contributed by atoms with Crippen molar-refractivity contribution in [2.75, 3.05) is 0 Å². The molecule has 0 atom stereocenters. The summed E-state index contributed by atoms with van der Waals surface area (Å²) in [4.78, 5) is 0. The number of hydrogen-bond donors (Lipinski definition) is 0. The third-order valence-corrected chi connectivity index (χ3v) is 0. The summed E-state index contributed by atoms with van der Waals surface area (Å²) in [7, 11) is 0. The average molecular weight is 311 g/mol. The van der Waals surface area contributed by atoms with Gasteiger partial charge in [-0.2, -0.15) is 0 Å². The predicted molar refractivity (Wildman–Crippen MR) is 0 cm³/mol. The fourth-order valence-corrected chi connectivity index (χ4v) is 0. The smallest absolute Gasteiger partial charge is 1.00 e. The van der Waals surface area contributed by atoms with Crippen molar-refractivity contribution in [3.63, 3.8) is 0 Å². The molecule has 0 rings (SSSR count). The first-order valence-corrected chi connectivity index (χ1v) is 0. The van der Waals surface area contributed by atoms with Crippen LogP contribution in [0.25, 0.3) is 0 Å². The van der Waals surface area contributed by atoms with Crippen molar-refractivity contribution in [1.82, 2.24) is 0 Å².